The fourth-order valence-electron chi connectivity index (χ4n) is 2.50. The number of aromatic nitrogens is 3. The lowest BCUT2D eigenvalue weighted by atomic mass is 9.86. The van der Waals surface area contributed by atoms with Gasteiger partial charge in [-0.05, 0) is 17.5 Å². The largest absolute Gasteiger partial charge is 0.394 e. The Morgan fingerprint density at radius 3 is 2.71 bits per heavy atom. The van der Waals surface area contributed by atoms with Crippen molar-refractivity contribution in [1.82, 2.24) is 20.0 Å². The minimum Gasteiger partial charge on any atom is -0.394 e. The van der Waals surface area contributed by atoms with Crippen LogP contribution < -0.4 is 0 Å². The third kappa shape index (κ3) is 4.38. The zero-order valence-electron chi connectivity index (χ0n) is 14.6. The van der Waals surface area contributed by atoms with E-state index in [1.165, 1.54) is 0 Å². The first kappa shape index (κ1) is 18.1. The Bertz CT molecular complexity index is 664. The molecule has 0 spiro atoms. The summed E-state index contributed by atoms with van der Waals surface area (Å²) in [5, 5.41) is 13.4. The van der Waals surface area contributed by atoms with Crippen LogP contribution in [0.3, 0.4) is 0 Å². The molecule has 130 valence electrons. The van der Waals surface area contributed by atoms with Crippen LogP contribution in [0.4, 0.5) is 0 Å². The number of pyridine rings is 1. The van der Waals surface area contributed by atoms with E-state index in [2.05, 4.69) is 15.1 Å². The average molecular weight is 332 g/mol. The Hall–Kier alpha value is -2.28. The number of hydrogen-bond donors (Lipinski definition) is 1. The molecule has 1 atom stereocenters. The summed E-state index contributed by atoms with van der Waals surface area (Å²) >= 11 is 0. The van der Waals surface area contributed by atoms with Gasteiger partial charge in [-0.15, -0.1) is 0 Å². The van der Waals surface area contributed by atoms with E-state index in [0.29, 0.717) is 23.8 Å². The predicted octanol–water partition coefficient (Wildman–Crippen LogP) is 1.93. The lowest BCUT2D eigenvalue weighted by Crippen LogP contribution is -2.47. The van der Waals surface area contributed by atoms with Crippen LogP contribution in [-0.2, 0) is 11.2 Å². The number of carbonyl (C=O) groups excluding carboxylic acids is 1. The SMILES string of the molecule is CN(C(=O)CCc1nc(-c2ccccn2)no1)[C@H](CO)C(C)(C)C. The molecule has 1 N–H and O–H groups in total. The van der Waals surface area contributed by atoms with Crippen LogP contribution in [0.1, 0.15) is 33.1 Å². The molecular weight excluding hydrogens is 308 g/mol. The lowest BCUT2D eigenvalue weighted by Gasteiger charge is -2.36. The number of rotatable bonds is 6. The first-order valence-electron chi connectivity index (χ1n) is 7.93. The normalized spacial score (nSPS) is 12.9. The zero-order valence-corrected chi connectivity index (χ0v) is 14.6. The highest BCUT2D eigenvalue weighted by atomic mass is 16.5. The van der Waals surface area contributed by atoms with Crippen LogP contribution in [0.25, 0.3) is 11.5 Å². The molecule has 0 aliphatic rings. The van der Waals surface area contributed by atoms with Gasteiger partial charge in [0, 0.05) is 26.1 Å². The standard InChI is InChI=1S/C17H24N4O3/c1-17(2,3)13(11-22)21(4)15(23)9-8-14-19-16(20-24-14)12-7-5-6-10-18-12/h5-7,10,13,22H,8-9,11H2,1-4H3/t13-/m1/s1. The van der Waals surface area contributed by atoms with Gasteiger partial charge in [-0.2, -0.15) is 4.98 Å². The highest BCUT2D eigenvalue weighted by molar-refractivity contribution is 5.76. The van der Waals surface area contributed by atoms with E-state index in [1.54, 1.807) is 24.2 Å². The van der Waals surface area contributed by atoms with E-state index < -0.39 is 0 Å². The molecule has 0 saturated heterocycles. The second-order valence-corrected chi connectivity index (χ2v) is 6.80. The Labute approximate surface area is 141 Å². The molecule has 0 saturated carbocycles. The Morgan fingerprint density at radius 2 is 2.12 bits per heavy atom. The third-order valence-corrected chi connectivity index (χ3v) is 3.95. The predicted molar refractivity (Wildman–Crippen MR) is 88.9 cm³/mol. The van der Waals surface area contributed by atoms with Gasteiger partial charge in [0.25, 0.3) is 0 Å². The van der Waals surface area contributed by atoms with Crippen LogP contribution in [0, 0.1) is 5.41 Å². The first-order valence-corrected chi connectivity index (χ1v) is 7.93. The molecule has 2 heterocycles. The molecule has 7 heteroatoms. The van der Waals surface area contributed by atoms with Gasteiger partial charge >= 0.3 is 0 Å². The van der Waals surface area contributed by atoms with Crippen molar-refractivity contribution >= 4 is 5.91 Å². The fourth-order valence-corrected chi connectivity index (χ4v) is 2.50. The van der Waals surface area contributed by atoms with Gasteiger partial charge in [-0.25, -0.2) is 0 Å². The van der Waals surface area contributed by atoms with Gasteiger partial charge in [-0.1, -0.05) is 32.0 Å². The summed E-state index contributed by atoms with van der Waals surface area (Å²) in [6.07, 6.45) is 2.25. The fraction of sp³-hybridized carbons (Fsp3) is 0.529. The molecule has 1 amide bonds. The summed E-state index contributed by atoms with van der Waals surface area (Å²) in [6, 6.07) is 5.21. The van der Waals surface area contributed by atoms with Crippen molar-refractivity contribution in [3.8, 4) is 11.5 Å². The first-order chi connectivity index (χ1) is 11.3. The quantitative estimate of drug-likeness (QED) is 0.869. The minimum absolute atomic E-state index is 0.0680. The van der Waals surface area contributed by atoms with Gasteiger partial charge in [0.1, 0.15) is 5.69 Å². The lowest BCUT2D eigenvalue weighted by molar-refractivity contribution is -0.135. The van der Waals surface area contributed by atoms with Gasteiger partial charge in [0.05, 0.1) is 12.6 Å². The molecule has 0 unspecified atom stereocenters. The molecule has 0 aliphatic carbocycles. The second kappa shape index (κ2) is 7.53. The molecule has 2 aromatic rings. The smallest absolute Gasteiger partial charge is 0.227 e. The van der Waals surface area contributed by atoms with E-state index in [0.717, 1.165) is 0 Å². The second-order valence-electron chi connectivity index (χ2n) is 6.80. The maximum absolute atomic E-state index is 12.4. The van der Waals surface area contributed by atoms with Crippen molar-refractivity contribution in [3.63, 3.8) is 0 Å². The van der Waals surface area contributed by atoms with E-state index >= 15 is 0 Å². The average Bonchev–Trinajstić information content (AvgIpc) is 3.01. The Balaban J connectivity index is 1.96. The van der Waals surface area contributed by atoms with E-state index in [9.17, 15) is 9.90 Å². The van der Waals surface area contributed by atoms with Crippen LogP contribution >= 0.6 is 0 Å². The van der Waals surface area contributed by atoms with Gasteiger partial charge in [0.15, 0.2) is 0 Å². The Kier molecular flexibility index (Phi) is 5.66. The molecule has 2 rings (SSSR count). The molecule has 0 radical (unpaired) electrons. The summed E-state index contributed by atoms with van der Waals surface area (Å²) in [6.45, 7) is 5.91. The molecular formula is C17H24N4O3. The van der Waals surface area contributed by atoms with Crippen LogP contribution in [-0.4, -0.2) is 50.7 Å². The van der Waals surface area contributed by atoms with Crippen LogP contribution in [0.2, 0.25) is 0 Å². The molecule has 0 fully saturated rings. The van der Waals surface area contributed by atoms with E-state index in [1.807, 2.05) is 32.9 Å². The van der Waals surface area contributed by atoms with Crippen molar-refractivity contribution in [2.45, 2.75) is 39.7 Å². The van der Waals surface area contributed by atoms with Gasteiger partial charge in [-0.3, -0.25) is 9.78 Å². The molecule has 2 aromatic heterocycles. The highest BCUT2D eigenvalue weighted by Gasteiger charge is 2.30. The summed E-state index contributed by atoms with van der Waals surface area (Å²) < 4.78 is 5.18. The summed E-state index contributed by atoms with van der Waals surface area (Å²) in [5.74, 6) is 0.740. The maximum Gasteiger partial charge on any atom is 0.227 e. The summed E-state index contributed by atoms with van der Waals surface area (Å²) in [4.78, 5) is 22.4. The number of carbonyl (C=O) groups is 1. The van der Waals surface area contributed by atoms with E-state index in [-0.39, 0.29) is 30.4 Å². The van der Waals surface area contributed by atoms with Gasteiger partial charge < -0.3 is 14.5 Å². The van der Waals surface area contributed by atoms with Crippen molar-refractivity contribution in [3.05, 3.63) is 30.3 Å². The van der Waals surface area contributed by atoms with Crippen molar-refractivity contribution < 1.29 is 14.4 Å². The molecule has 0 aliphatic heterocycles. The minimum atomic E-state index is -0.239. The molecule has 24 heavy (non-hydrogen) atoms. The summed E-state index contributed by atoms with van der Waals surface area (Å²) in [7, 11) is 1.71. The molecule has 7 nitrogen and oxygen atoms in total. The topological polar surface area (TPSA) is 92.4 Å². The molecule has 0 aromatic carbocycles. The number of likely N-dealkylation sites (N-methyl/N-ethyl adjacent to an activating group) is 1. The monoisotopic (exact) mass is 332 g/mol. The Morgan fingerprint density at radius 1 is 1.38 bits per heavy atom. The van der Waals surface area contributed by atoms with Gasteiger partial charge in [0.2, 0.25) is 17.6 Å². The van der Waals surface area contributed by atoms with Crippen molar-refractivity contribution in [2.24, 2.45) is 5.41 Å². The number of aryl methyl sites for hydroxylation is 1. The number of aliphatic hydroxyl groups excluding tert-OH is 1. The van der Waals surface area contributed by atoms with E-state index in [4.69, 9.17) is 4.52 Å². The number of hydrogen-bond acceptors (Lipinski definition) is 6. The van der Waals surface area contributed by atoms with Crippen molar-refractivity contribution in [1.29, 1.82) is 0 Å². The zero-order chi connectivity index (χ0) is 17.7. The number of aliphatic hydroxyl groups is 1. The third-order valence-electron chi connectivity index (χ3n) is 3.95. The van der Waals surface area contributed by atoms with Crippen LogP contribution in [0.15, 0.2) is 28.9 Å². The maximum atomic E-state index is 12.4. The summed E-state index contributed by atoms with van der Waals surface area (Å²) in [5.41, 5.74) is 0.430. The highest BCUT2D eigenvalue weighted by Crippen LogP contribution is 2.24. The molecule has 0 bridgehead atoms. The van der Waals surface area contributed by atoms with Crippen molar-refractivity contribution in [2.75, 3.05) is 13.7 Å². The number of nitrogens with zero attached hydrogens (tertiary/aromatic N) is 4. The number of amides is 1. The van der Waals surface area contributed by atoms with Crippen LogP contribution in [0.5, 0.6) is 0 Å².